The van der Waals surface area contributed by atoms with Gasteiger partial charge < -0.3 is 11.1 Å². The fraction of sp³-hybridized carbons (Fsp3) is 0.273. The summed E-state index contributed by atoms with van der Waals surface area (Å²) in [5, 5.41) is 4.47. The van der Waals surface area contributed by atoms with E-state index in [2.05, 4.69) is 11.9 Å². The fourth-order valence-electron chi connectivity index (χ4n) is 1.34. The van der Waals surface area contributed by atoms with Crippen LogP contribution in [0.5, 0.6) is 0 Å². The number of benzene rings is 1. The Kier molecular flexibility index (Phi) is 5.12. The summed E-state index contributed by atoms with van der Waals surface area (Å²) in [5.74, 6) is 0. The molecule has 0 aliphatic rings. The molecule has 0 radical (unpaired) electrons. The van der Waals surface area contributed by atoms with Crippen molar-refractivity contribution in [2.75, 3.05) is 13.1 Å². The first-order valence-corrected chi connectivity index (χ1v) is 5.43. The first-order chi connectivity index (χ1) is 7.17. The molecule has 0 fully saturated rings. The highest BCUT2D eigenvalue weighted by molar-refractivity contribution is 6.34. The Labute approximate surface area is 100 Å². The van der Waals surface area contributed by atoms with Gasteiger partial charge in [0.1, 0.15) is 0 Å². The molecule has 0 saturated carbocycles. The molecule has 0 saturated heterocycles. The highest BCUT2D eigenvalue weighted by atomic mass is 35.5. The monoisotopic (exact) mass is 244 g/mol. The average Bonchev–Trinajstić information content (AvgIpc) is 2.17. The molecule has 1 aromatic carbocycles. The highest BCUT2D eigenvalue weighted by Crippen LogP contribution is 2.23. The van der Waals surface area contributed by atoms with E-state index < -0.39 is 0 Å². The van der Waals surface area contributed by atoms with Crippen molar-refractivity contribution in [2.45, 2.75) is 6.04 Å². The van der Waals surface area contributed by atoms with Crippen LogP contribution in [0.1, 0.15) is 11.6 Å². The summed E-state index contributed by atoms with van der Waals surface area (Å²) in [5.41, 5.74) is 6.66. The standard InChI is InChI=1S/C11H14Cl2N2/c1-2-3-15-11(7-14)8-4-9(12)6-10(13)5-8/h2,4-6,11,15H,1,3,7,14H2. The van der Waals surface area contributed by atoms with Gasteiger partial charge >= 0.3 is 0 Å². The van der Waals surface area contributed by atoms with Crippen molar-refractivity contribution in [3.8, 4) is 0 Å². The fourth-order valence-corrected chi connectivity index (χ4v) is 1.88. The lowest BCUT2D eigenvalue weighted by molar-refractivity contribution is 0.578. The Hall–Kier alpha value is -0.540. The molecule has 0 aliphatic carbocycles. The zero-order valence-corrected chi connectivity index (χ0v) is 9.85. The van der Waals surface area contributed by atoms with Crippen molar-refractivity contribution in [2.24, 2.45) is 5.73 Å². The van der Waals surface area contributed by atoms with Gasteiger partial charge in [-0.2, -0.15) is 0 Å². The van der Waals surface area contributed by atoms with Gasteiger partial charge in [0, 0.05) is 29.2 Å². The van der Waals surface area contributed by atoms with Gasteiger partial charge in [0.05, 0.1) is 0 Å². The number of hydrogen-bond donors (Lipinski definition) is 2. The maximum Gasteiger partial charge on any atom is 0.0448 e. The zero-order valence-electron chi connectivity index (χ0n) is 8.34. The van der Waals surface area contributed by atoms with E-state index >= 15 is 0 Å². The molecule has 0 bridgehead atoms. The molecule has 1 aromatic rings. The normalized spacial score (nSPS) is 12.5. The lowest BCUT2D eigenvalue weighted by Crippen LogP contribution is -2.28. The van der Waals surface area contributed by atoms with Crippen LogP contribution < -0.4 is 11.1 Å². The molecule has 0 spiro atoms. The summed E-state index contributed by atoms with van der Waals surface area (Å²) in [4.78, 5) is 0. The number of halogens is 2. The molecule has 0 aromatic heterocycles. The Morgan fingerprint density at radius 1 is 1.33 bits per heavy atom. The summed E-state index contributed by atoms with van der Waals surface area (Å²) in [6.45, 7) is 4.83. The number of rotatable bonds is 5. The predicted molar refractivity (Wildman–Crippen MR) is 66.5 cm³/mol. The summed E-state index contributed by atoms with van der Waals surface area (Å²) < 4.78 is 0. The molecular formula is C11H14Cl2N2. The van der Waals surface area contributed by atoms with Gasteiger partial charge in [-0.1, -0.05) is 29.3 Å². The van der Waals surface area contributed by atoms with E-state index in [0.717, 1.165) is 5.56 Å². The third kappa shape index (κ3) is 3.84. The van der Waals surface area contributed by atoms with Crippen molar-refractivity contribution in [3.05, 3.63) is 46.5 Å². The predicted octanol–water partition coefficient (Wildman–Crippen LogP) is 2.77. The van der Waals surface area contributed by atoms with Crippen LogP contribution in [0.25, 0.3) is 0 Å². The van der Waals surface area contributed by atoms with E-state index in [-0.39, 0.29) is 6.04 Å². The second kappa shape index (κ2) is 6.13. The number of hydrogen-bond acceptors (Lipinski definition) is 2. The molecule has 3 N–H and O–H groups in total. The molecule has 0 amide bonds. The van der Waals surface area contributed by atoms with Crippen LogP contribution >= 0.6 is 23.2 Å². The van der Waals surface area contributed by atoms with Crippen LogP contribution in [-0.4, -0.2) is 13.1 Å². The van der Waals surface area contributed by atoms with E-state index in [1.807, 2.05) is 12.1 Å². The smallest absolute Gasteiger partial charge is 0.0448 e. The van der Waals surface area contributed by atoms with Crippen molar-refractivity contribution >= 4 is 23.2 Å². The second-order valence-electron chi connectivity index (χ2n) is 3.19. The Morgan fingerprint density at radius 3 is 2.40 bits per heavy atom. The van der Waals surface area contributed by atoms with Gasteiger partial charge in [-0.15, -0.1) is 6.58 Å². The molecule has 82 valence electrons. The van der Waals surface area contributed by atoms with Crippen LogP contribution in [-0.2, 0) is 0 Å². The SMILES string of the molecule is C=CCNC(CN)c1cc(Cl)cc(Cl)c1. The minimum Gasteiger partial charge on any atom is -0.329 e. The highest BCUT2D eigenvalue weighted by Gasteiger charge is 2.09. The maximum atomic E-state index is 5.91. The third-order valence-corrected chi connectivity index (χ3v) is 2.47. The zero-order chi connectivity index (χ0) is 11.3. The van der Waals surface area contributed by atoms with Crippen LogP contribution in [0, 0.1) is 0 Å². The van der Waals surface area contributed by atoms with Gasteiger partial charge in [-0.05, 0) is 23.8 Å². The maximum absolute atomic E-state index is 5.91. The molecule has 1 rings (SSSR count). The van der Waals surface area contributed by atoms with Crippen LogP contribution in [0.15, 0.2) is 30.9 Å². The summed E-state index contributed by atoms with van der Waals surface area (Å²) >= 11 is 11.8. The quantitative estimate of drug-likeness (QED) is 0.783. The molecule has 1 unspecified atom stereocenters. The largest absolute Gasteiger partial charge is 0.329 e. The first-order valence-electron chi connectivity index (χ1n) is 4.67. The van der Waals surface area contributed by atoms with E-state index in [4.69, 9.17) is 28.9 Å². The van der Waals surface area contributed by atoms with E-state index in [0.29, 0.717) is 23.1 Å². The van der Waals surface area contributed by atoms with Gasteiger partial charge in [0.25, 0.3) is 0 Å². The molecule has 15 heavy (non-hydrogen) atoms. The molecule has 2 nitrogen and oxygen atoms in total. The molecule has 4 heteroatoms. The lowest BCUT2D eigenvalue weighted by atomic mass is 10.1. The average molecular weight is 245 g/mol. The summed E-state index contributed by atoms with van der Waals surface area (Å²) in [7, 11) is 0. The summed E-state index contributed by atoms with van der Waals surface area (Å²) in [6.07, 6.45) is 1.79. The molecule has 1 atom stereocenters. The van der Waals surface area contributed by atoms with Crippen LogP contribution in [0.2, 0.25) is 10.0 Å². The van der Waals surface area contributed by atoms with Gasteiger partial charge in [-0.25, -0.2) is 0 Å². The van der Waals surface area contributed by atoms with Crippen molar-refractivity contribution in [1.29, 1.82) is 0 Å². The third-order valence-electron chi connectivity index (χ3n) is 2.03. The Morgan fingerprint density at radius 2 is 1.93 bits per heavy atom. The van der Waals surface area contributed by atoms with Gasteiger partial charge in [0.15, 0.2) is 0 Å². The number of nitrogens with two attached hydrogens (primary N) is 1. The molecular weight excluding hydrogens is 231 g/mol. The van der Waals surface area contributed by atoms with Crippen molar-refractivity contribution in [3.63, 3.8) is 0 Å². The van der Waals surface area contributed by atoms with E-state index in [1.165, 1.54) is 0 Å². The van der Waals surface area contributed by atoms with Crippen molar-refractivity contribution in [1.82, 2.24) is 5.32 Å². The minimum absolute atomic E-state index is 0.0548. The molecule has 0 aliphatic heterocycles. The Bertz CT molecular complexity index is 319. The van der Waals surface area contributed by atoms with E-state index in [9.17, 15) is 0 Å². The Balaban J connectivity index is 2.85. The lowest BCUT2D eigenvalue weighted by Gasteiger charge is -2.16. The van der Waals surface area contributed by atoms with Crippen LogP contribution in [0.3, 0.4) is 0 Å². The van der Waals surface area contributed by atoms with Crippen molar-refractivity contribution < 1.29 is 0 Å². The first kappa shape index (κ1) is 12.5. The minimum atomic E-state index is 0.0548. The molecule has 0 heterocycles. The second-order valence-corrected chi connectivity index (χ2v) is 4.06. The topological polar surface area (TPSA) is 38.0 Å². The number of nitrogens with one attached hydrogen (secondary N) is 1. The summed E-state index contributed by atoms with van der Waals surface area (Å²) in [6, 6.07) is 5.48. The van der Waals surface area contributed by atoms with Gasteiger partial charge in [-0.3, -0.25) is 0 Å². The van der Waals surface area contributed by atoms with E-state index in [1.54, 1.807) is 12.1 Å². The van der Waals surface area contributed by atoms with Gasteiger partial charge in [0.2, 0.25) is 0 Å². The van der Waals surface area contributed by atoms with Crippen LogP contribution in [0.4, 0.5) is 0 Å².